The molecule has 30 heavy (non-hydrogen) atoms. The van der Waals surface area contributed by atoms with Crippen molar-refractivity contribution in [2.45, 2.75) is 19.3 Å². The second kappa shape index (κ2) is 8.07. The zero-order chi connectivity index (χ0) is 20.3. The van der Waals surface area contributed by atoms with Crippen molar-refractivity contribution in [3.63, 3.8) is 0 Å². The predicted octanol–water partition coefficient (Wildman–Crippen LogP) is 3.45. The van der Waals surface area contributed by atoms with Crippen molar-refractivity contribution in [1.82, 2.24) is 19.9 Å². The fourth-order valence-electron chi connectivity index (χ4n) is 4.23. The van der Waals surface area contributed by atoms with Crippen LogP contribution in [0.2, 0.25) is 0 Å². The third kappa shape index (κ3) is 3.57. The minimum atomic E-state index is 0.159. The molecule has 5 rings (SSSR count). The number of nitriles is 1. The Hall–Kier alpha value is -3.53. The summed E-state index contributed by atoms with van der Waals surface area (Å²) in [5, 5.41) is 10.3. The Kier molecular flexibility index (Phi) is 4.98. The van der Waals surface area contributed by atoms with Crippen LogP contribution in [0.25, 0.3) is 16.5 Å². The fourth-order valence-corrected chi connectivity index (χ4v) is 4.23. The second-order valence-corrected chi connectivity index (χ2v) is 7.78. The van der Waals surface area contributed by atoms with Crippen LogP contribution in [0.4, 0.5) is 11.6 Å². The maximum Gasteiger partial charge on any atom is 0.172 e. The first-order valence-electron chi connectivity index (χ1n) is 10.4. The summed E-state index contributed by atoms with van der Waals surface area (Å²) in [6, 6.07) is 8.58. The fraction of sp³-hybridized carbons (Fsp3) is 0.348. The lowest BCUT2D eigenvalue weighted by Gasteiger charge is -2.34. The smallest absolute Gasteiger partial charge is 0.172 e. The maximum absolute atomic E-state index is 9.16. The maximum atomic E-state index is 9.16. The van der Waals surface area contributed by atoms with E-state index in [1.807, 2.05) is 12.3 Å². The number of fused-ring (bicyclic) bond motifs is 1. The summed E-state index contributed by atoms with van der Waals surface area (Å²) < 4.78 is 0. The summed E-state index contributed by atoms with van der Waals surface area (Å²) in [4.78, 5) is 22.8. The van der Waals surface area contributed by atoms with Gasteiger partial charge in [-0.1, -0.05) is 12.1 Å². The molecule has 7 nitrogen and oxygen atoms in total. The quantitative estimate of drug-likeness (QED) is 0.669. The van der Waals surface area contributed by atoms with E-state index in [-0.39, 0.29) is 5.92 Å². The molecule has 0 unspecified atom stereocenters. The lowest BCUT2D eigenvalue weighted by Crippen LogP contribution is -2.37. The van der Waals surface area contributed by atoms with Gasteiger partial charge in [-0.3, -0.25) is 4.98 Å². The number of piperidine rings is 1. The number of nitrogens with zero attached hydrogens (tertiary/aromatic N) is 7. The highest BCUT2D eigenvalue weighted by atomic mass is 15.3. The Morgan fingerprint density at radius 3 is 2.47 bits per heavy atom. The van der Waals surface area contributed by atoms with E-state index in [1.54, 1.807) is 18.6 Å². The van der Waals surface area contributed by atoms with Gasteiger partial charge in [-0.2, -0.15) is 5.26 Å². The van der Waals surface area contributed by atoms with Crippen LogP contribution < -0.4 is 9.80 Å². The first-order chi connectivity index (χ1) is 14.8. The number of anilines is 2. The van der Waals surface area contributed by atoms with E-state index in [4.69, 9.17) is 10.2 Å². The molecule has 2 aliphatic rings. The molecule has 0 bridgehead atoms. The average Bonchev–Trinajstić information content (AvgIpc) is 2.84. The largest absolute Gasteiger partial charge is 0.353 e. The van der Waals surface area contributed by atoms with Gasteiger partial charge in [0.15, 0.2) is 11.6 Å². The van der Waals surface area contributed by atoms with Crippen LogP contribution in [-0.4, -0.2) is 46.1 Å². The molecule has 0 spiro atoms. The average molecular weight is 397 g/mol. The van der Waals surface area contributed by atoms with Crippen molar-refractivity contribution in [2.75, 3.05) is 36.0 Å². The van der Waals surface area contributed by atoms with Crippen molar-refractivity contribution < 1.29 is 0 Å². The second-order valence-electron chi connectivity index (χ2n) is 7.78. The van der Waals surface area contributed by atoms with Crippen molar-refractivity contribution in [2.24, 2.45) is 5.92 Å². The summed E-state index contributed by atoms with van der Waals surface area (Å²) in [5.41, 5.74) is 3.21. The minimum absolute atomic E-state index is 0.159. The molecule has 0 saturated carbocycles. The van der Waals surface area contributed by atoms with Gasteiger partial charge < -0.3 is 9.80 Å². The monoisotopic (exact) mass is 397 g/mol. The number of hydrogen-bond donors (Lipinski definition) is 0. The van der Waals surface area contributed by atoms with Gasteiger partial charge in [-0.15, -0.1) is 0 Å². The molecule has 0 atom stereocenters. The molecule has 0 aliphatic carbocycles. The number of pyridine rings is 2. The van der Waals surface area contributed by atoms with E-state index in [0.717, 1.165) is 73.7 Å². The van der Waals surface area contributed by atoms with Crippen molar-refractivity contribution >= 4 is 28.1 Å². The van der Waals surface area contributed by atoms with Crippen LogP contribution in [0.15, 0.2) is 49.1 Å². The number of rotatable bonds is 3. The van der Waals surface area contributed by atoms with Crippen molar-refractivity contribution in [3.8, 4) is 6.07 Å². The van der Waals surface area contributed by atoms with Crippen LogP contribution >= 0.6 is 0 Å². The molecular formula is C23H23N7. The summed E-state index contributed by atoms with van der Waals surface area (Å²) >= 11 is 0. The third-order valence-corrected chi connectivity index (χ3v) is 5.97. The van der Waals surface area contributed by atoms with Crippen molar-refractivity contribution in [1.29, 1.82) is 5.26 Å². The summed E-state index contributed by atoms with van der Waals surface area (Å²) in [6.45, 7) is 3.36. The van der Waals surface area contributed by atoms with E-state index in [9.17, 15) is 0 Å². The zero-order valence-corrected chi connectivity index (χ0v) is 16.8. The van der Waals surface area contributed by atoms with E-state index < -0.39 is 0 Å². The van der Waals surface area contributed by atoms with E-state index in [1.165, 1.54) is 5.57 Å². The number of aromatic nitrogens is 4. The molecule has 7 heteroatoms. The van der Waals surface area contributed by atoms with Crippen LogP contribution in [-0.2, 0) is 0 Å². The van der Waals surface area contributed by atoms with Gasteiger partial charge in [0.25, 0.3) is 0 Å². The van der Waals surface area contributed by atoms with Gasteiger partial charge in [-0.05, 0) is 37.0 Å². The predicted molar refractivity (Wildman–Crippen MR) is 117 cm³/mol. The normalized spacial score (nSPS) is 17.6. The molecule has 3 aromatic rings. The molecule has 0 aromatic carbocycles. The standard InChI is InChI=1S/C23H23N7/c24-15-17-4-11-29(12-5-17)22-23(27-10-9-26-22)30-13-6-19(7-14-30)20-2-1-18-3-8-25-16-21(18)28-20/h1-3,6,8-10,16-17H,4-5,7,11-14H2. The molecule has 0 radical (unpaired) electrons. The summed E-state index contributed by atoms with van der Waals surface area (Å²) in [7, 11) is 0. The van der Waals surface area contributed by atoms with Gasteiger partial charge in [0.05, 0.1) is 23.5 Å². The van der Waals surface area contributed by atoms with E-state index in [0.29, 0.717) is 0 Å². The lowest BCUT2D eigenvalue weighted by atomic mass is 9.98. The molecule has 5 heterocycles. The van der Waals surface area contributed by atoms with Crippen LogP contribution in [0.1, 0.15) is 25.0 Å². The molecule has 1 fully saturated rings. The lowest BCUT2D eigenvalue weighted by molar-refractivity contribution is 0.484. The molecule has 150 valence electrons. The van der Waals surface area contributed by atoms with E-state index >= 15 is 0 Å². The SMILES string of the molecule is N#CC1CCN(c2nccnc2N2CC=C(c3ccc4ccncc4n3)CC2)CC1. The van der Waals surface area contributed by atoms with Crippen LogP contribution in [0.5, 0.6) is 0 Å². The highest BCUT2D eigenvalue weighted by Gasteiger charge is 2.25. The minimum Gasteiger partial charge on any atom is -0.353 e. The summed E-state index contributed by atoms with van der Waals surface area (Å²) in [5.74, 6) is 2.02. The summed E-state index contributed by atoms with van der Waals surface area (Å²) in [6.07, 6.45) is 12.1. The molecular weight excluding hydrogens is 374 g/mol. The van der Waals surface area contributed by atoms with Crippen LogP contribution in [0, 0.1) is 17.2 Å². The van der Waals surface area contributed by atoms with Crippen molar-refractivity contribution in [3.05, 3.63) is 54.8 Å². The number of hydrogen-bond acceptors (Lipinski definition) is 7. The van der Waals surface area contributed by atoms with Gasteiger partial charge in [0.1, 0.15) is 0 Å². The Morgan fingerprint density at radius 1 is 0.933 bits per heavy atom. The third-order valence-electron chi connectivity index (χ3n) is 5.97. The molecule has 1 saturated heterocycles. The van der Waals surface area contributed by atoms with E-state index in [2.05, 4.69) is 49.0 Å². The van der Waals surface area contributed by atoms with Gasteiger partial charge in [0, 0.05) is 56.1 Å². The van der Waals surface area contributed by atoms with Gasteiger partial charge in [-0.25, -0.2) is 15.0 Å². The Balaban J connectivity index is 1.35. The van der Waals surface area contributed by atoms with Crippen LogP contribution in [0.3, 0.4) is 0 Å². The van der Waals surface area contributed by atoms with Gasteiger partial charge in [0.2, 0.25) is 0 Å². The first-order valence-corrected chi connectivity index (χ1v) is 10.4. The first kappa shape index (κ1) is 18.5. The topological polar surface area (TPSA) is 81.8 Å². The Labute approximate surface area is 175 Å². The molecule has 2 aliphatic heterocycles. The Bertz CT molecular complexity index is 1130. The van der Waals surface area contributed by atoms with Gasteiger partial charge >= 0.3 is 0 Å². The highest BCUT2D eigenvalue weighted by molar-refractivity contribution is 5.80. The zero-order valence-electron chi connectivity index (χ0n) is 16.8. The molecule has 0 N–H and O–H groups in total. The molecule has 0 amide bonds. The Morgan fingerprint density at radius 2 is 1.73 bits per heavy atom. The highest BCUT2D eigenvalue weighted by Crippen LogP contribution is 2.31. The molecule has 3 aromatic heterocycles.